The molecule has 2 heterocycles. The number of benzene rings is 2. The van der Waals surface area contributed by atoms with Gasteiger partial charge < -0.3 is 15.5 Å². The summed E-state index contributed by atoms with van der Waals surface area (Å²) >= 11 is 0. The first-order valence-corrected chi connectivity index (χ1v) is 10.6. The molecular formula is C24H23F2N5O3. The molecule has 1 atom stereocenters. The van der Waals surface area contributed by atoms with Crippen LogP contribution in [0.4, 0.5) is 8.78 Å². The zero-order valence-electron chi connectivity index (χ0n) is 18.6. The molecule has 0 spiro atoms. The number of carbonyl (C=O) groups excluding carboxylic acids is 3. The van der Waals surface area contributed by atoms with Crippen LogP contribution in [0.1, 0.15) is 39.0 Å². The second kappa shape index (κ2) is 9.05. The van der Waals surface area contributed by atoms with E-state index in [2.05, 4.69) is 15.7 Å². The lowest BCUT2D eigenvalue weighted by Crippen LogP contribution is -2.62. The van der Waals surface area contributed by atoms with E-state index < -0.39 is 29.1 Å². The molecule has 0 saturated heterocycles. The highest BCUT2D eigenvalue weighted by Gasteiger charge is 2.46. The number of nitrogens with one attached hydrogen (secondary N) is 2. The van der Waals surface area contributed by atoms with E-state index in [1.54, 1.807) is 31.2 Å². The second-order valence-electron chi connectivity index (χ2n) is 8.33. The van der Waals surface area contributed by atoms with Crippen molar-refractivity contribution in [2.45, 2.75) is 32.1 Å². The summed E-state index contributed by atoms with van der Waals surface area (Å²) in [5, 5.41) is 9.66. The molecule has 3 amide bonds. The summed E-state index contributed by atoms with van der Waals surface area (Å²) in [6, 6.07) is 12.9. The average Bonchev–Trinajstić information content (AvgIpc) is 3.24. The number of aromatic nitrogens is 2. The fourth-order valence-electron chi connectivity index (χ4n) is 3.73. The van der Waals surface area contributed by atoms with Gasteiger partial charge in [0.15, 0.2) is 5.69 Å². The maximum Gasteiger partial charge on any atom is 0.272 e. The highest BCUT2D eigenvalue weighted by molar-refractivity contribution is 6.01. The third-order valence-electron chi connectivity index (χ3n) is 5.93. The number of nitrogens with zero attached hydrogens (tertiary/aromatic N) is 3. The molecule has 0 fully saturated rings. The summed E-state index contributed by atoms with van der Waals surface area (Å²) in [5.41, 5.74) is 0.232. The van der Waals surface area contributed by atoms with Crippen molar-refractivity contribution in [1.29, 1.82) is 0 Å². The molecule has 2 aromatic carbocycles. The summed E-state index contributed by atoms with van der Waals surface area (Å²) in [6.07, 6.45) is 0. The van der Waals surface area contributed by atoms with Crippen molar-refractivity contribution in [2.75, 3.05) is 7.05 Å². The highest BCUT2D eigenvalue weighted by Crippen LogP contribution is 2.26. The minimum Gasteiger partial charge on any atom is -0.350 e. The van der Waals surface area contributed by atoms with Crippen molar-refractivity contribution in [1.82, 2.24) is 25.3 Å². The molecule has 1 aliphatic heterocycles. The minimum atomic E-state index is -1.26. The number of amides is 3. The Morgan fingerprint density at radius 1 is 1.00 bits per heavy atom. The van der Waals surface area contributed by atoms with Crippen molar-refractivity contribution < 1.29 is 23.2 Å². The highest BCUT2D eigenvalue weighted by atomic mass is 19.1. The Morgan fingerprint density at radius 2 is 1.71 bits per heavy atom. The third-order valence-corrected chi connectivity index (χ3v) is 5.93. The first kappa shape index (κ1) is 23.1. The molecule has 0 radical (unpaired) electrons. The number of carbonyl (C=O) groups is 3. The molecule has 0 saturated carbocycles. The van der Waals surface area contributed by atoms with Gasteiger partial charge in [0, 0.05) is 26.2 Å². The maximum absolute atomic E-state index is 13.3. The molecule has 2 N–H and O–H groups in total. The zero-order chi connectivity index (χ0) is 24.5. The van der Waals surface area contributed by atoms with Gasteiger partial charge in [-0.05, 0) is 42.3 Å². The van der Waals surface area contributed by atoms with E-state index in [1.165, 1.54) is 47.0 Å². The molecule has 8 nitrogen and oxygen atoms in total. The van der Waals surface area contributed by atoms with Crippen LogP contribution in [-0.4, -0.2) is 45.0 Å². The zero-order valence-corrected chi connectivity index (χ0v) is 18.6. The number of hydrogen-bond donors (Lipinski definition) is 2. The standard InChI is InChI=1S/C24H23F2N5O3/c1-24(23(34)28-12-15-6-8-17(25)9-7-15)14-31-20(22(33)30(24)2)11-19(29-31)21(32)27-13-16-4-3-5-18(26)10-16/h3-11H,12-14H2,1-2H3,(H,27,32)(H,28,34)/t24-/m0/s1. The maximum atomic E-state index is 13.3. The summed E-state index contributed by atoms with van der Waals surface area (Å²) in [6.45, 7) is 1.91. The average molecular weight is 467 g/mol. The summed E-state index contributed by atoms with van der Waals surface area (Å²) in [7, 11) is 1.51. The SMILES string of the molecule is CN1C(=O)c2cc(C(=O)NCc3cccc(F)c3)nn2C[C@@]1(C)C(=O)NCc1ccc(F)cc1. The van der Waals surface area contributed by atoms with E-state index in [-0.39, 0.29) is 36.8 Å². The van der Waals surface area contributed by atoms with E-state index in [1.807, 2.05) is 0 Å². The first-order valence-electron chi connectivity index (χ1n) is 10.6. The molecule has 34 heavy (non-hydrogen) atoms. The lowest BCUT2D eigenvalue weighted by Gasteiger charge is -2.40. The van der Waals surface area contributed by atoms with E-state index in [4.69, 9.17) is 0 Å². The first-order chi connectivity index (χ1) is 16.2. The van der Waals surface area contributed by atoms with E-state index in [0.29, 0.717) is 11.1 Å². The second-order valence-corrected chi connectivity index (χ2v) is 8.33. The van der Waals surface area contributed by atoms with Gasteiger partial charge in [0.2, 0.25) is 5.91 Å². The molecule has 10 heteroatoms. The van der Waals surface area contributed by atoms with Crippen LogP contribution < -0.4 is 10.6 Å². The van der Waals surface area contributed by atoms with Gasteiger partial charge in [-0.25, -0.2) is 8.78 Å². The molecule has 3 aromatic rings. The number of rotatable bonds is 6. The molecule has 1 aromatic heterocycles. The molecule has 0 aliphatic carbocycles. The van der Waals surface area contributed by atoms with E-state index in [0.717, 1.165) is 0 Å². The molecule has 0 bridgehead atoms. The monoisotopic (exact) mass is 467 g/mol. The van der Waals surface area contributed by atoms with E-state index in [9.17, 15) is 23.2 Å². The molecule has 1 aliphatic rings. The topological polar surface area (TPSA) is 96.3 Å². The van der Waals surface area contributed by atoms with E-state index >= 15 is 0 Å². The predicted molar refractivity (Wildman–Crippen MR) is 119 cm³/mol. The normalized spacial score (nSPS) is 17.3. The van der Waals surface area contributed by atoms with Gasteiger partial charge >= 0.3 is 0 Å². The van der Waals surface area contributed by atoms with Gasteiger partial charge in [0.25, 0.3) is 11.8 Å². The summed E-state index contributed by atoms with van der Waals surface area (Å²) in [4.78, 5) is 39.9. The lowest BCUT2D eigenvalue weighted by atomic mass is 9.96. The molecule has 4 rings (SSSR count). The van der Waals surface area contributed by atoms with Gasteiger partial charge in [-0.3, -0.25) is 19.1 Å². The summed E-state index contributed by atoms with van der Waals surface area (Å²) in [5.74, 6) is -2.17. The number of likely N-dealkylation sites (N-methyl/N-ethyl adjacent to an activating group) is 1. The summed E-state index contributed by atoms with van der Waals surface area (Å²) < 4.78 is 27.8. The van der Waals surface area contributed by atoms with Crippen LogP contribution in [0.5, 0.6) is 0 Å². The Kier molecular flexibility index (Phi) is 6.14. The van der Waals surface area contributed by atoms with Crippen LogP contribution in [0.2, 0.25) is 0 Å². The molecular weight excluding hydrogens is 444 g/mol. The largest absolute Gasteiger partial charge is 0.350 e. The smallest absolute Gasteiger partial charge is 0.272 e. The van der Waals surface area contributed by atoms with Crippen LogP contribution in [0.15, 0.2) is 54.6 Å². The number of halogens is 2. The van der Waals surface area contributed by atoms with Crippen LogP contribution in [0.25, 0.3) is 0 Å². The molecule has 176 valence electrons. The van der Waals surface area contributed by atoms with Crippen molar-refractivity contribution >= 4 is 17.7 Å². The Labute approximate surface area is 194 Å². The van der Waals surface area contributed by atoms with Gasteiger partial charge in [-0.1, -0.05) is 24.3 Å². The van der Waals surface area contributed by atoms with Gasteiger partial charge in [-0.2, -0.15) is 5.10 Å². The van der Waals surface area contributed by atoms with Crippen LogP contribution >= 0.6 is 0 Å². The fraction of sp³-hybridized carbons (Fsp3) is 0.250. The third kappa shape index (κ3) is 4.52. The van der Waals surface area contributed by atoms with Crippen LogP contribution in [-0.2, 0) is 24.4 Å². The van der Waals surface area contributed by atoms with Crippen molar-refractivity contribution in [3.05, 3.63) is 88.7 Å². The Bertz CT molecular complexity index is 1260. The lowest BCUT2D eigenvalue weighted by molar-refractivity contribution is -0.132. The predicted octanol–water partition coefficient (Wildman–Crippen LogP) is 2.25. The number of hydrogen-bond acceptors (Lipinski definition) is 4. The Hall–Kier alpha value is -4.08. The minimum absolute atomic E-state index is 0.0177. The molecule has 0 unspecified atom stereocenters. The van der Waals surface area contributed by atoms with Gasteiger partial charge in [-0.15, -0.1) is 0 Å². The van der Waals surface area contributed by atoms with Crippen molar-refractivity contribution in [2.24, 2.45) is 0 Å². The fourth-order valence-corrected chi connectivity index (χ4v) is 3.73. The van der Waals surface area contributed by atoms with Crippen molar-refractivity contribution in [3.8, 4) is 0 Å². The van der Waals surface area contributed by atoms with Crippen LogP contribution in [0, 0.1) is 11.6 Å². The van der Waals surface area contributed by atoms with Crippen LogP contribution in [0.3, 0.4) is 0 Å². The van der Waals surface area contributed by atoms with Gasteiger partial charge in [0.1, 0.15) is 22.9 Å². The Balaban J connectivity index is 1.46. The van der Waals surface area contributed by atoms with Gasteiger partial charge in [0.05, 0.1) is 6.54 Å². The number of fused-ring (bicyclic) bond motifs is 1. The quantitative estimate of drug-likeness (QED) is 0.581. The van der Waals surface area contributed by atoms with Crippen molar-refractivity contribution in [3.63, 3.8) is 0 Å². The Morgan fingerprint density at radius 3 is 2.41 bits per heavy atom.